The van der Waals surface area contributed by atoms with Gasteiger partial charge in [0.05, 0.1) is 17.4 Å². The van der Waals surface area contributed by atoms with Gasteiger partial charge in [-0.25, -0.2) is 9.97 Å². The standard InChI is InChI=1S/C17H13F3N4O2/c18-17(19,20)13-3-1-2-4-14(13)26-10-16(25)23-12-5-6-15(22-9-12)24-8-7-21-11-24/h1-9,11H,10H2,(H,23,25). The van der Waals surface area contributed by atoms with Crippen molar-refractivity contribution >= 4 is 11.6 Å². The minimum Gasteiger partial charge on any atom is -0.483 e. The van der Waals surface area contributed by atoms with Gasteiger partial charge in [0.15, 0.2) is 6.61 Å². The number of para-hydroxylation sites is 1. The van der Waals surface area contributed by atoms with E-state index in [-0.39, 0.29) is 0 Å². The van der Waals surface area contributed by atoms with Crippen molar-refractivity contribution in [1.29, 1.82) is 0 Å². The molecule has 0 saturated carbocycles. The molecule has 0 unspecified atom stereocenters. The number of aromatic nitrogens is 3. The molecule has 2 aromatic heterocycles. The van der Waals surface area contributed by atoms with Gasteiger partial charge in [0.1, 0.15) is 17.9 Å². The van der Waals surface area contributed by atoms with Gasteiger partial charge in [0.25, 0.3) is 5.91 Å². The Morgan fingerprint density at radius 3 is 2.65 bits per heavy atom. The van der Waals surface area contributed by atoms with Crippen molar-refractivity contribution in [3.63, 3.8) is 0 Å². The van der Waals surface area contributed by atoms with Gasteiger partial charge in [0.2, 0.25) is 0 Å². The molecule has 0 radical (unpaired) electrons. The normalized spacial score (nSPS) is 11.2. The van der Waals surface area contributed by atoms with Gasteiger partial charge in [-0.2, -0.15) is 13.2 Å². The summed E-state index contributed by atoms with van der Waals surface area (Å²) >= 11 is 0. The van der Waals surface area contributed by atoms with E-state index in [0.29, 0.717) is 11.5 Å². The maximum atomic E-state index is 12.9. The van der Waals surface area contributed by atoms with E-state index in [0.717, 1.165) is 12.1 Å². The van der Waals surface area contributed by atoms with Crippen LogP contribution in [0.5, 0.6) is 5.75 Å². The van der Waals surface area contributed by atoms with E-state index in [4.69, 9.17) is 4.74 Å². The summed E-state index contributed by atoms with van der Waals surface area (Å²) in [6.45, 7) is -0.559. The number of hydrogen-bond donors (Lipinski definition) is 1. The summed E-state index contributed by atoms with van der Waals surface area (Å²) in [5.41, 5.74) is -0.536. The van der Waals surface area contributed by atoms with Crippen LogP contribution in [0, 0.1) is 0 Å². The summed E-state index contributed by atoms with van der Waals surface area (Å²) in [5, 5.41) is 2.51. The van der Waals surface area contributed by atoms with Gasteiger partial charge >= 0.3 is 6.18 Å². The molecular weight excluding hydrogens is 349 g/mol. The fourth-order valence-electron chi connectivity index (χ4n) is 2.17. The van der Waals surface area contributed by atoms with Gasteiger partial charge in [0, 0.05) is 12.4 Å². The van der Waals surface area contributed by atoms with Crippen LogP contribution in [0.25, 0.3) is 5.82 Å². The number of carbonyl (C=O) groups excluding carboxylic acids is 1. The van der Waals surface area contributed by atoms with Crippen LogP contribution in [-0.4, -0.2) is 27.0 Å². The minimum atomic E-state index is -4.56. The molecule has 2 heterocycles. The summed E-state index contributed by atoms with van der Waals surface area (Å²) in [5.74, 6) is -0.390. The number of nitrogens with one attached hydrogen (secondary N) is 1. The lowest BCUT2D eigenvalue weighted by molar-refractivity contribution is -0.139. The molecule has 3 aromatic rings. The second kappa shape index (κ2) is 7.26. The predicted octanol–water partition coefficient (Wildman–Crippen LogP) is 3.30. The van der Waals surface area contributed by atoms with E-state index in [1.807, 2.05) is 0 Å². The van der Waals surface area contributed by atoms with Crippen molar-refractivity contribution in [2.24, 2.45) is 0 Å². The van der Waals surface area contributed by atoms with Crippen LogP contribution in [0.1, 0.15) is 5.56 Å². The van der Waals surface area contributed by atoms with Crippen LogP contribution < -0.4 is 10.1 Å². The number of hydrogen-bond acceptors (Lipinski definition) is 4. The van der Waals surface area contributed by atoms with Gasteiger partial charge in [-0.05, 0) is 24.3 Å². The summed E-state index contributed by atoms with van der Waals surface area (Å²) in [6.07, 6.45) is 1.77. The lowest BCUT2D eigenvalue weighted by Gasteiger charge is -2.13. The predicted molar refractivity (Wildman–Crippen MR) is 86.9 cm³/mol. The fourth-order valence-corrected chi connectivity index (χ4v) is 2.17. The van der Waals surface area contributed by atoms with E-state index in [1.165, 1.54) is 18.3 Å². The molecule has 134 valence electrons. The third kappa shape index (κ3) is 4.18. The quantitative estimate of drug-likeness (QED) is 0.756. The van der Waals surface area contributed by atoms with E-state index < -0.39 is 30.0 Å². The smallest absolute Gasteiger partial charge is 0.419 e. The number of benzene rings is 1. The topological polar surface area (TPSA) is 69.0 Å². The Hall–Kier alpha value is -3.36. The highest BCUT2D eigenvalue weighted by molar-refractivity contribution is 5.91. The van der Waals surface area contributed by atoms with E-state index >= 15 is 0 Å². The molecule has 0 fully saturated rings. The number of carbonyl (C=O) groups is 1. The maximum Gasteiger partial charge on any atom is 0.419 e. The summed E-state index contributed by atoms with van der Waals surface area (Å²) in [6, 6.07) is 8.00. The summed E-state index contributed by atoms with van der Waals surface area (Å²) < 4.78 is 45.3. The monoisotopic (exact) mass is 362 g/mol. The molecule has 0 spiro atoms. The fraction of sp³-hybridized carbons (Fsp3) is 0.118. The Balaban J connectivity index is 1.60. The number of halogens is 3. The summed E-state index contributed by atoms with van der Waals surface area (Å²) in [4.78, 5) is 20.0. The first kappa shape index (κ1) is 17.5. The minimum absolute atomic E-state index is 0.395. The van der Waals surface area contributed by atoms with Crippen LogP contribution in [0.4, 0.5) is 18.9 Å². The largest absolute Gasteiger partial charge is 0.483 e. The Morgan fingerprint density at radius 1 is 1.19 bits per heavy atom. The van der Waals surface area contributed by atoms with Gasteiger partial charge in [-0.15, -0.1) is 0 Å². The maximum absolute atomic E-state index is 12.9. The van der Waals surface area contributed by atoms with Gasteiger partial charge in [-0.3, -0.25) is 9.36 Å². The molecule has 0 aliphatic heterocycles. The van der Waals surface area contributed by atoms with E-state index in [1.54, 1.807) is 35.4 Å². The van der Waals surface area contributed by atoms with Crippen LogP contribution >= 0.6 is 0 Å². The second-order valence-electron chi connectivity index (χ2n) is 5.21. The zero-order valence-corrected chi connectivity index (χ0v) is 13.3. The van der Waals surface area contributed by atoms with Crippen LogP contribution in [0.2, 0.25) is 0 Å². The highest BCUT2D eigenvalue weighted by atomic mass is 19.4. The van der Waals surface area contributed by atoms with Gasteiger partial charge in [-0.1, -0.05) is 12.1 Å². The molecule has 3 rings (SSSR count). The average molecular weight is 362 g/mol. The average Bonchev–Trinajstić information content (AvgIpc) is 3.15. The number of amides is 1. The number of alkyl halides is 3. The van der Waals surface area contributed by atoms with Crippen LogP contribution in [0.15, 0.2) is 61.3 Å². The first-order chi connectivity index (χ1) is 12.4. The van der Waals surface area contributed by atoms with Crippen molar-refractivity contribution in [3.05, 3.63) is 66.9 Å². The number of nitrogens with zero attached hydrogens (tertiary/aromatic N) is 3. The molecule has 0 aliphatic carbocycles. The first-order valence-electron chi connectivity index (χ1n) is 7.47. The SMILES string of the molecule is O=C(COc1ccccc1C(F)(F)F)Nc1ccc(-n2ccnc2)nc1. The van der Waals surface area contributed by atoms with Crippen molar-refractivity contribution in [2.75, 3.05) is 11.9 Å². The zero-order chi connectivity index (χ0) is 18.6. The molecule has 0 aliphatic rings. The molecule has 9 heteroatoms. The van der Waals surface area contributed by atoms with Crippen molar-refractivity contribution in [2.45, 2.75) is 6.18 Å². The molecule has 0 atom stereocenters. The van der Waals surface area contributed by atoms with Crippen molar-refractivity contribution < 1.29 is 22.7 Å². The Bertz CT molecular complexity index is 878. The molecule has 26 heavy (non-hydrogen) atoms. The summed E-state index contributed by atoms with van der Waals surface area (Å²) in [7, 11) is 0. The van der Waals surface area contributed by atoms with Gasteiger partial charge < -0.3 is 10.1 Å². The number of imidazole rings is 1. The molecule has 6 nitrogen and oxygen atoms in total. The number of anilines is 1. The second-order valence-corrected chi connectivity index (χ2v) is 5.21. The lowest BCUT2D eigenvalue weighted by Crippen LogP contribution is -2.21. The van der Waals surface area contributed by atoms with Crippen LogP contribution in [0.3, 0.4) is 0 Å². The molecule has 0 saturated heterocycles. The molecule has 1 N–H and O–H groups in total. The first-order valence-corrected chi connectivity index (χ1v) is 7.47. The highest BCUT2D eigenvalue weighted by Gasteiger charge is 2.34. The number of ether oxygens (including phenoxy) is 1. The third-order valence-corrected chi connectivity index (χ3v) is 3.35. The highest BCUT2D eigenvalue weighted by Crippen LogP contribution is 2.35. The Kier molecular flexibility index (Phi) is 4.87. The van der Waals surface area contributed by atoms with Crippen molar-refractivity contribution in [1.82, 2.24) is 14.5 Å². The molecule has 1 aromatic carbocycles. The van der Waals surface area contributed by atoms with E-state index in [2.05, 4.69) is 15.3 Å². The van der Waals surface area contributed by atoms with Crippen molar-refractivity contribution in [3.8, 4) is 11.6 Å². The molecule has 0 bridgehead atoms. The lowest BCUT2D eigenvalue weighted by atomic mass is 10.2. The molecule has 1 amide bonds. The number of pyridine rings is 1. The molecular formula is C17H13F3N4O2. The number of rotatable bonds is 5. The zero-order valence-electron chi connectivity index (χ0n) is 13.3. The van der Waals surface area contributed by atoms with Crippen LogP contribution in [-0.2, 0) is 11.0 Å². The Labute approximate surface area is 146 Å². The van der Waals surface area contributed by atoms with E-state index in [9.17, 15) is 18.0 Å². The Morgan fingerprint density at radius 2 is 2.00 bits per heavy atom. The third-order valence-electron chi connectivity index (χ3n) is 3.35.